The van der Waals surface area contributed by atoms with E-state index in [0.717, 1.165) is 27.8 Å². The first-order valence-electron chi connectivity index (χ1n) is 7.52. The van der Waals surface area contributed by atoms with Gasteiger partial charge >= 0.3 is 0 Å². The predicted molar refractivity (Wildman–Crippen MR) is 96.5 cm³/mol. The van der Waals surface area contributed by atoms with Crippen LogP contribution in [0.5, 0.6) is 0 Å². The zero-order valence-electron chi connectivity index (χ0n) is 13.6. The molecule has 0 bridgehead atoms. The van der Waals surface area contributed by atoms with E-state index in [4.69, 9.17) is 17.3 Å². The number of carbonyl (C=O) groups excluding carboxylic acids is 1. The maximum Gasteiger partial charge on any atom is 0.286 e. The van der Waals surface area contributed by atoms with E-state index in [-0.39, 0.29) is 6.54 Å². The topological polar surface area (TPSA) is 121 Å². The lowest BCUT2D eigenvalue weighted by Crippen LogP contribution is -2.30. The van der Waals surface area contributed by atoms with E-state index in [1.165, 1.54) is 0 Å². The molecule has 3 aromatic rings. The number of nitrogens with zero attached hydrogens (tertiary/aromatic N) is 3. The van der Waals surface area contributed by atoms with E-state index in [2.05, 4.69) is 4.98 Å². The Labute approximate surface area is 152 Å². The maximum atomic E-state index is 12.4. The molecule has 2 heterocycles. The molecule has 0 aliphatic carbocycles. The van der Waals surface area contributed by atoms with E-state index in [0.29, 0.717) is 16.2 Å². The van der Waals surface area contributed by atoms with Crippen LogP contribution in [0.25, 0.3) is 10.9 Å². The van der Waals surface area contributed by atoms with Crippen LogP contribution < -0.4 is 11.3 Å². The van der Waals surface area contributed by atoms with E-state index in [9.17, 15) is 19.7 Å². The van der Waals surface area contributed by atoms with E-state index in [1.54, 1.807) is 6.07 Å². The molecular formula is C17H13ClN4O4. The highest BCUT2D eigenvalue weighted by Crippen LogP contribution is 2.27. The van der Waals surface area contributed by atoms with Crippen LogP contribution in [-0.2, 0) is 6.54 Å². The SMILES string of the molecule is Cc1c(Cl)c(Cn2cc([N+](=O)[O-])cc(C(N)=O)c2=O)nc2ccccc12. The molecule has 0 saturated carbocycles. The summed E-state index contributed by atoms with van der Waals surface area (Å²) in [5.41, 5.74) is 5.34. The molecule has 0 aliphatic heterocycles. The number of fused-ring (bicyclic) bond motifs is 1. The van der Waals surface area contributed by atoms with Crippen LogP contribution in [0.1, 0.15) is 21.6 Å². The van der Waals surface area contributed by atoms with Crippen molar-refractivity contribution in [1.82, 2.24) is 9.55 Å². The van der Waals surface area contributed by atoms with Gasteiger partial charge in [0.1, 0.15) is 5.56 Å². The minimum atomic E-state index is -1.04. The highest BCUT2D eigenvalue weighted by molar-refractivity contribution is 6.32. The summed E-state index contributed by atoms with van der Waals surface area (Å²) in [6, 6.07) is 8.21. The van der Waals surface area contributed by atoms with Gasteiger partial charge in [0.05, 0.1) is 33.9 Å². The number of primary amides is 1. The highest BCUT2D eigenvalue weighted by atomic mass is 35.5. The third-order valence-corrected chi connectivity index (χ3v) is 4.52. The Bertz CT molecular complexity index is 1120. The highest BCUT2D eigenvalue weighted by Gasteiger charge is 2.19. The van der Waals surface area contributed by atoms with E-state index >= 15 is 0 Å². The lowest BCUT2D eigenvalue weighted by molar-refractivity contribution is -0.385. The number of benzene rings is 1. The van der Waals surface area contributed by atoms with Gasteiger partial charge in [0.2, 0.25) is 0 Å². The number of hydrogen-bond donors (Lipinski definition) is 1. The van der Waals surface area contributed by atoms with Gasteiger partial charge in [0.25, 0.3) is 17.2 Å². The van der Waals surface area contributed by atoms with Crippen molar-refractivity contribution in [3.63, 3.8) is 0 Å². The number of aromatic nitrogens is 2. The molecule has 2 N–H and O–H groups in total. The maximum absolute atomic E-state index is 12.4. The van der Waals surface area contributed by atoms with Crippen molar-refractivity contribution >= 4 is 34.1 Å². The summed E-state index contributed by atoms with van der Waals surface area (Å²) in [5.74, 6) is -1.04. The van der Waals surface area contributed by atoms with Crippen molar-refractivity contribution in [1.29, 1.82) is 0 Å². The number of nitrogens with two attached hydrogens (primary N) is 1. The Morgan fingerprint density at radius 3 is 2.73 bits per heavy atom. The van der Waals surface area contributed by atoms with Gasteiger partial charge in [-0.2, -0.15) is 0 Å². The van der Waals surface area contributed by atoms with Crippen molar-refractivity contribution in [2.45, 2.75) is 13.5 Å². The molecule has 9 heteroatoms. The third kappa shape index (κ3) is 3.02. The van der Waals surface area contributed by atoms with Crippen molar-refractivity contribution in [2.24, 2.45) is 5.73 Å². The molecule has 0 aliphatic rings. The largest absolute Gasteiger partial charge is 0.365 e. The number of rotatable bonds is 4. The van der Waals surface area contributed by atoms with Gasteiger partial charge in [0, 0.05) is 11.5 Å². The fraction of sp³-hybridized carbons (Fsp3) is 0.118. The molecule has 3 rings (SSSR count). The molecule has 0 unspecified atom stereocenters. The van der Waals surface area contributed by atoms with E-state index in [1.807, 2.05) is 25.1 Å². The first kappa shape index (κ1) is 17.6. The van der Waals surface area contributed by atoms with Gasteiger partial charge in [-0.05, 0) is 18.6 Å². The Balaban J connectivity index is 2.19. The van der Waals surface area contributed by atoms with Crippen LogP contribution in [0.4, 0.5) is 5.69 Å². The molecule has 1 amide bonds. The standard InChI is InChI=1S/C17H13ClN4O4/c1-9-11-4-2-3-5-13(11)20-14(15(9)18)8-21-7-10(22(25)26)6-12(16(19)23)17(21)24/h2-7H,8H2,1H3,(H2,19,23). The monoisotopic (exact) mass is 372 g/mol. The lowest BCUT2D eigenvalue weighted by Gasteiger charge is -2.12. The van der Waals surface area contributed by atoms with Crippen molar-refractivity contribution < 1.29 is 9.72 Å². The van der Waals surface area contributed by atoms with Crippen LogP contribution in [0.15, 0.2) is 41.3 Å². The second-order valence-electron chi connectivity index (χ2n) is 5.68. The Hall–Kier alpha value is -3.26. The van der Waals surface area contributed by atoms with Gasteiger partial charge < -0.3 is 10.3 Å². The Kier molecular flexibility index (Phi) is 4.43. The molecule has 0 fully saturated rings. The second-order valence-corrected chi connectivity index (χ2v) is 6.06. The smallest absolute Gasteiger partial charge is 0.286 e. The average molecular weight is 373 g/mol. The lowest BCUT2D eigenvalue weighted by atomic mass is 10.1. The third-order valence-electron chi connectivity index (χ3n) is 4.01. The van der Waals surface area contributed by atoms with Gasteiger partial charge in [-0.15, -0.1) is 0 Å². The Morgan fingerprint density at radius 1 is 1.38 bits per heavy atom. The normalized spacial score (nSPS) is 10.8. The summed E-state index contributed by atoms with van der Waals surface area (Å²) in [6.07, 6.45) is 1.04. The van der Waals surface area contributed by atoms with E-state index < -0.39 is 27.6 Å². The zero-order valence-corrected chi connectivity index (χ0v) is 14.4. The van der Waals surface area contributed by atoms with Crippen LogP contribution in [-0.4, -0.2) is 20.4 Å². The summed E-state index contributed by atoms with van der Waals surface area (Å²) in [7, 11) is 0. The van der Waals surface area contributed by atoms with Crippen LogP contribution in [0, 0.1) is 17.0 Å². The molecule has 0 saturated heterocycles. The molecule has 0 radical (unpaired) electrons. The number of aryl methyl sites for hydroxylation is 1. The van der Waals surface area contributed by atoms with Crippen molar-refractivity contribution in [3.8, 4) is 0 Å². The quantitative estimate of drug-likeness (QED) is 0.556. The number of amides is 1. The second kappa shape index (κ2) is 6.57. The van der Waals surface area contributed by atoms with Gasteiger partial charge in [-0.25, -0.2) is 4.98 Å². The molecular weight excluding hydrogens is 360 g/mol. The molecule has 8 nitrogen and oxygen atoms in total. The fourth-order valence-electron chi connectivity index (χ4n) is 2.70. The fourth-order valence-corrected chi connectivity index (χ4v) is 2.90. The molecule has 1 aromatic carbocycles. The zero-order chi connectivity index (χ0) is 19.0. The predicted octanol–water partition coefficient (Wildman–Crippen LogP) is 2.41. The van der Waals surface area contributed by atoms with Crippen molar-refractivity contribution in [3.05, 3.63) is 78.8 Å². The molecule has 2 aromatic heterocycles. The number of pyridine rings is 2. The van der Waals surface area contributed by atoms with Crippen molar-refractivity contribution in [2.75, 3.05) is 0 Å². The number of para-hydroxylation sites is 1. The number of halogens is 1. The first-order valence-corrected chi connectivity index (χ1v) is 7.89. The Morgan fingerprint density at radius 2 is 2.08 bits per heavy atom. The molecule has 132 valence electrons. The summed E-state index contributed by atoms with van der Waals surface area (Å²) >= 11 is 6.38. The number of carbonyl (C=O) groups is 1. The molecule has 0 spiro atoms. The number of hydrogen-bond acceptors (Lipinski definition) is 5. The summed E-state index contributed by atoms with van der Waals surface area (Å²) in [5, 5.41) is 12.3. The minimum Gasteiger partial charge on any atom is -0.365 e. The van der Waals surface area contributed by atoms with Gasteiger partial charge in [-0.3, -0.25) is 19.7 Å². The van der Waals surface area contributed by atoms with Gasteiger partial charge in [0.15, 0.2) is 0 Å². The van der Waals surface area contributed by atoms with Crippen LogP contribution in [0.3, 0.4) is 0 Å². The summed E-state index contributed by atoms with van der Waals surface area (Å²) < 4.78 is 1.01. The van der Waals surface area contributed by atoms with Crippen LogP contribution >= 0.6 is 11.6 Å². The molecule has 0 atom stereocenters. The van der Waals surface area contributed by atoms with Gasteiger partial charge in [-0.1, -0.05) is 29.8 Å². The van der Waals surface area contributed by atoms with Crippen LogP contribution in [0.2, 0.25) is 5.02 Å². The minimum absolute atomic E-state index is 0.134. The summed E-state index contributed by atoms with van der Waals surface area (Å²) in [4.78, 5) is 38.7. The average Bonchev–Trinajstić information content (AvgIpc) is 2.60. The first-order chi connectivity index (χ1) is 12.3. The number of nitro groups is 1. The molecule has 26 heavy (non-hydrogen) atoms. The summed E-state index contributed by atoms with van der Waals surface area (Å²) in [6.45, 7) is 1.69.